The highest BCUT2D eigenvalue weighted by Crippen LogP contribution is 2.37. The molecule has 0 aromatic heterocycles. The van der Waals surface area contributed by atoms with E-state index in [1.807, 2.05) is 0 Å². The third-order valence-corrected chi connectivity index (χ3v) is 5.19. The molecule has 0 aromatic carbocycles. The van der Waals surface area contributed by atoms with Gasteiger partial charge in [0.15, 0.2) is 0 Å². The minimum atomic E-state index is 0.601. The van der Waals surface area contributed by atoms with Crippen LogP contribution in [0.1, 0.15) is 44.9 Å². The van der Waals surface area contributed by atoms with Gasteiger partial charge in [-0.3, -0.25) is 4.90 Å². The number of rotatable bonds is 1. The molecule has 3 aliphatic heterocycles. The zero-order chi connectivity index (χ0) is 12.3. The molecule has 0 aliphatic carbocycles. The SMILES string of the molecule is C1COCCC(N2CCCC3(CCCNC3)C2)C1. The Kier molecular flexibility index (Phi) is 4.22. The lowest BCUT2D eigenvalue weighted by Crippen LogP contribution is -2.53. The quantitative estimate of drug-likeness (QED) is 0.773. The van der Waals surface area contributed by atoms with Crippen LogP contribution in [-0.2, 0) is 4.74 Å². The topological polar surface area (TPSA) is 24.5 Å². The third-order valence-electron chi connectivity index (χ3n) is 5.19. The predicted molar refractivity (Wildman–Crippen MR) is 73.8 cm³/mol. The Morgan fingerprint density at radius 1 is 1.06 bits per heavy atom. The number of piperidine rings is 2. The summed E-state index contributed by atoms with van der Waals surface area (Å²) in [6.07, 6.45) is 9.53. The molecule has 18 heavy (non-hydrogen) atoms. The van der Waals surface area contributed by atoms with E-state index in [0.29, 0.717) is 5.41 Å². The average Bonchev–Trinajstić information content (AvgIpc) is 2.68. The Bertz CT molecular complexity index is 250. The van der Waals surface area contributed by atoms with E-state index in [0.717, 1.165) is 19.3 Å². The highest BCUT2D eigenvalue weighted by Gasteiger charge is 2.38. The third kappa shape index (κ3) is 2.89. The van der Waals surface area contributed by atoms with E-state index in [4.69, 9.17) is 4.74 Å². The largest absolute Gasteiger partial charge is 0.381 e. The summed E-state index contributed by atoms with van der Waals surface area (Å²) in [7, 11) is 0. The van der Waals surface area contributed by atoms with Crippen molar-refractivity contribution in [2.75, 3.05) is 39.4 Å². The van der Waals surface area contributed by atoms with Crippen LogP contribution in [0.5, 0.6) is 0 Å². The molecule has 3 fully saturated rings. The molecule has 1 N–H and O–H groups in total. The van der Waals surface area contributed by atoms with Crippen molar-refractivity contribution in [2.45, 2.75) is 51.0 Å². The normalized spacial score (nSPS) is 39.7. The van der Waals surface area contributed by atoms with Gasteiger partial charge in [-0.2, -0.15) is 0 Å². The molecule has 1 spiro atoms. The smallest absolute Gasteiger partial charge is 0.0480 e. The number of nitrogens with zero attached hydrogens (tertiary/aromatic N) is 1. The molecule has 3 saturated heterocycles. The van der Waals surface area contributed by atoms with Crippen molar-refractivity contribution >= 4 is 0 Å². The molecular formula is C15H28N2O. The van der Waals surface area contributed by atoms with Crippen LogP contribution in [-0.4, -0.2) is 50.3 Å². The molecule has 0 aromatic rings. The number of nitrogens with one attached hydrogen (secondary N) is 1. The maximum Gasteiger partial charge on any atom is 0.0480 e. The number of hydrogen-bond acceptors (Lipinski definition) is 3. The summed E-state index contributed by atoms with van der Waals surface area (Å²) in [5.74, 6) is 0. The summed E-state index contributed by atoms with van der Waals surface area (Å²) in [4.78, 5) is 2.80. The van der Waals surface area contributed by atoms with E-state index < -0.39 is 0 Å². The second-order valence-corrected chi connectivity index (χ2v) is 6.55. The lowest BCUT2D eigenvalue weighted by atomic mass is 9.74. The second-order valence-electron chi connectivity index (χ2n) is 6.55. The van der Waals surface area contributed by atoms with E-state index in [9.17, 15) is 0 Å². The zero-order valence-electron chi connectivity index (χ0n) is 11.6. The first kappa shape index (κ1) is 12.9. The first-order valence-electron chi connectivity index (χ1n) is 7.91. The van der Waals surface area contributed by atoms with E-state index in [2.05, 4.69) is 10.2 Å². The lowest BCUT2D eigenvalue weighted by molar-refractivity contribution is 0.0308. The second kappa shape index (κ2) is 5.89. The molecule has 2 atom stereocenters. The van der Waals surface area contributed by atoms with Gasteiger partial charge in [0.25, 0.3) is 0 Å². The molecule has 104 valence electrons. The molecule has 0 bridgehead atoms. The van der Waals surface area contributed by atoms with Gasteiger partial charge >= 0.3 is 0 Å². The van der Waals surface area contributed by atoms with E-state index in [1.165, 1.54) is 71.1 Å². The highest BCUT2D eigenvalue weighted by atomic mass is 16.5. The summed E-state index contributed by atoms with van der Waals surface area (Å²) < 4.78 is 5.61. The molecule has 2 unspecified atom stereocenters. The van der Waals surface area contributed by atoms with Gasteiger partial charge in [0.2, 0.25) is 0 Å². The van der Waals surface area contributed by atoms with Crippen LogP contribution in [0.15, 0.2) is 0 Å². The minimum absolute atomic E-state index is 0.601. The summed E-state index contributed by atoms with van der Waals surface area (Å²) in [6.45, 7) is 7.12. The van der Waals surface area contributed by atoms with Crippen molar-refractivity contribution in [3.63, 3.8) is 0 Å². The van der Waals surface area contributed by atoms with Crippen LogP contribution in [0.4, 0.5) is 0 Å². The fourth-order valence-corrected chi connectivity index (χ4v) is 4.19. The molecule has 0 saturated carbocycles. The monoisotopic (exact) mass is 252 g/mol. The van der Waals surface area contributed by atoms with Crippen LogP contribution in [0.2, 0.25) is 0 Å². The van der Waals surface area contributed by atoms with Crippen LogP contribution in [0.25, 0.3) is 0 Å². The molecule has 3 nitrogen and oxygen atoms in total. The first-order chi connectivity index (χ1) is 8.88. The van der Waals surface area contributed by atoms with Crippen LogP contribution in [0, 0.1) is 5.41 Å². The Morgan fingerprint density at radius 3 is 2.89 bits per heavy atom. The van der Waals surface area contributed by atoms with Gasteiger partial charge in [0, 0.05) is 32.3 Å². The lowest BCUT2D eigenvalue weighted by Gasteiger charge is -2.47. The first-order valence-corrected chi connectivity index (χ1v) is 7.91. The van der Waals surface area contributed by atoms with Gasteiger partial charge in [0.05, 0.1) is 0 Å². The van der Waals surface area contributed by atoms with Crippen LogP contribution >= 0.6 is 0 Å². The summed E-state index contributed by atoms with van der Waals surface area (Å²) in [6, 6.07) is 0.798. The Labute approximate surface area is 111 Å². The van der Waals surface area contributed by atoms with Crippen molar-refractivity contribution in [2.24, 2.45) is 5.41 Å². The summed E-state index contributed by atoms with van der Waals surface area (Å²) in [5.41, 5.74) is 0.601. The van der Waals surface area contributed by atoms with Gasteiger partial charge < -0.3 is 10.1 Å². The molecule has 3 rings (SSSR count). The zero-order valence-corrected chi connectivity index (χ0v) is 11.6. The maximum absolute atomic E-state index is 5.61. The predicted octanol–water partition coefficient (Wildman–Crippen LogP) is 2.02. The van der Waals surface area contributed by atoms with Gasteiger partial charge in [0.1, 0.15) is 0 Å². The van der Waals surface area contributed by atoms with Crippen molar-refractivity contribution in [3.8, 4) is 0 Å². The van der Waals surface area contributed by atoms with Gasteiger partial charge in [-0.05, 0) is 63.5 Å². The van der Waals surface area contributed by atoms with Gasteiger partial charge in [-0.25, -0.2) is 0 Å². The fourth-order valence-electron chi connectivity index (χ4n) is 4.19. The van der Waals surface area contributed by atoms with Gasteiger partial charge in [-0.15, -0.1) is 0 Å². The number of hydrogen-bond donors (Lipinski definition) is 1. The Morgan fingerprint density at radius 2 is 2.00 bits per heavy atom. The Hall–Kier alpha value is -0.120. The van der Waals surface area contributed by atoms with Crippen molar-refractivity contribution < 1.29 is 4.74 Å². The number of likely N-dealkylation sites (tertiary alicyclic amines) is 1. The van der Waals surface area contributed by atoms with E-state index >= 15 is 0 Å². The summed E-state index contributed by atoms with van der Waals surface area (Å²) in [5, 5.41) is 3.63. The molecule has 3 heteroatoms. The molecule has 0 amide bonds. The van der Waals surface area contributed by atoms with Crippen molar-refractivity contribution in [1.82, 2.24) is 10.2 Å². The number of ether oxygens (including phenoxy) is 1. The van der Waals surface area contributed by atoms with E-state index in [-0.39, 0.29) is 0 Å². The Balaban J connectivity index is 1.61. The van der Waals surface area contributed by atoms with Crippen LogP contribution < -0.4 is 5.32 Å². The molecule has 3 heterocycles. The van der Waals surface area contributed by atoms with Crippen LogP contribution in [0.3, 0.4) is 0 Å². The maximum atomic E-state index is 5.61. The standard InChI is InChI=1S/C15H28N2O/c1-4-14(5-11-18-10-1)17-9-3-7-15(13-17)6-2-8-16-12-15/h14,16H,1-13H2. The van der Waals surface area contributed by atoms with Gasteiger partial charge in [-0.1, -0.05) is 0 Å². The highest BCUT2D eigenvalue weighted by molar-refractivity contribution is 4.93. The molecule has 0 radical (unpaired) electrons. The molecule has 3 aliphatic rings. The average molecular weight is 252 g/mol. The van der Waals surface area contributed by atoms with E-state index in [1.54, 1.807) is 0 Å². The minimum Gasteiger partial charge on any atom is -0.381 e. The van der Waals surface area contributed by atoms with Crippen molar-refractivity contribution in [1.29, 1.82) is 0 Å². The molecular weight excluding hydrogens is 224 g/mol. The summed E-state index contributed by atoms with van der Waals surface area (Å²) >= 11 is 0. The fraction of sp³-hybridized carbons (Fsp3) is 1.00. The van der Waals surface area contributed by atoms with Crippen molar-refractivity contribution in [3.05, 3.63) is 0 Å².